The van der Waals surface area contributed by atoms with Crippen molar-refractivity contribution >= 4 is 27.5 Å². The molecular formula is C17H17N3O6S. The zero-order chi connectivity index (χ0) is 19.6. The van der Waals surface area contributed by atoms with Gasteiger partial charge in [0.2, 0.25) is 5.91 Å². The minimum absolute atomic E-state index is 0.00941. The van der Waals surface area contributed by atoms with E-state index < -0.39 is 28.4 Å². The summed E-state index contributed by atoms with van der Waals surface area (Å²) in [5.41, 5.74) is 0.417. The van der Waals surface area contributed by atoms with E-state index in [0.29, 0.717) is 17.2 Å². The predicted molar refractivity (Wildman–Crippen MR) is 96.0 cm³/mol. The number of sulfonamides is 1. The highest BCUT2D eigenvalue weighted by atomic mass is 32.2. The van der Waals surface area contributed by atoms with E-state index in [0.717, 1.165) is 5.01 Å². The Morgan fingerprint density at radius 3 is 2.52 bits per heavy atom. The first-order valence-corrected chi connectivity index (χ1v) is 9.29. The third-order valence-electron chi connectivity index (χ3n) is 3.85. The van der Waals surface area contributed by atoms with Gasteiger partial charge in [-0.05, 0) is 24.3 Å². The molecule has 0 atom stereocenters. The number of hydrogen-bond donors (Lipinski definition) is 2. The fourth-order valence-electron chi connectivity index (χ4n) is 2.62. The van der Waals surface area contributed by atoms with E-state index in [1.54, 1.807) is 24.3 Å². The number of benzene rings is 2. The van der Waals surface area contributed by atoms with Crippen molar-refractivity contribution in [3.8, 4) is 11.5 Å². The van der Waals surface area contributed by atoms with Crippen molar-refractivity contribution in [3.63, 3.8) is 0 Å². The molecule has 1 aliphatic rings. The van der Waals surface area contributed by atoms with Gasteiger partial charge in [-0.25, -0.2) is 8.42 Å². The van der Waals surface area contributed by atoms with Gasteiger partial charge < -0.3 is 14.8 Å². The third kappa shape index (κ3) is 3.71. The number of hydrazine groups is 1. The highest BCUT2D eigenvalue weighted by Crippen LogP contribution is 2.29. The standard InChI is InChI=1S/C17H17N3O6S/c1-25-13-8-7-11(9-14(13)26-2)18-16(21)10-20-17(22)12-5-3-4-6-15(12)27(23,24)19-20/h3-9,19H,10H2,1-2H3,(H,18,21). The molecule has 0 saturated heterocycles. The second kappa shape index (κ2) is 7.25. The molecular weight excluding hydrogens is 374 g/mol. The minimum Gasteiger partial charge on any atom is -0.493 e. The van der Waals surface area contributed by atoms with E-state index in [9.17, 15) is 18.0 Å². The molecule has 2 aromatic carbocycles. The monoisotopic (exact) mass is 391 g/mol. The van der Waals surface area contributed by atoms with Crippen molar-refractivity contribution in [2.24, 2.45) is 0 Å². The molecule has 2 amide bonds. The Balaban J connectivity index is 1.76. The zero-order valence-electron chi connectivity index (χ0n) is 14.6. The molecule has 10 heteroatoms. The molecule has 0 saturated carbocycles. The average Bonchev–Trinajstić information content (AvgIpc) is 2.65. The van der Waals surface area contributed by atoms with Gasteiger partial charge in [0.25, 0.3) is 15.9 Å². The molecule has 0 unspecified atom stereocenters. The van der Waals surface area contributed by atoms with Crippen LogP contribution in [0.15, 0.2) is 47.4 Å². The molecule has 27 heavy (non-hydrogen) atoms. The second-order valence-electron chi connectivity index (χ2n) is 5.60. The van der Waals surface area contributed by atoms with Crippen molar-refractivity contribution in [2.75, 3.05) is 26.1 Å². The number of hydrogen-bond acceptors (Lipinski definition) is 6. The summed E-state index contributed by atoms with van der Waals surface area (Å²) in [6, 6.07) is 10.6. The number of amides is 2. The van der Waals surface area contributed by atoms with E-state index in [1.807, 2.05) is 0 Å². The maximum Gasteiger partial charge on any atom is 0.270 e. The first kappa shape index (κ1) is 18.7. The lowest BCUT2D eigenvalue weighted by Gasteiger charge is -2.28. The van der Waals surface area contributed by atoms with Gasteiger partial charge in [-0.1, -0.05) is 12.1 Å². The Morgan fingerprint density at radius 2 is 1.81 bits per heavy atom. The molecule has 1 heterocycles. The van der Waals surface area contributed by atoms with Gasteiger partial charge in [-0.3, -0.25) is 14.6 Å². The number of ether oxygens (including phenoxy) is 2. The number of methoxy groups -OCH3 is 2. The Hall–Kier alpha value is -3.11. The van der Waals surface area contributed by atoms with Crippen LogP contribution in [0.3, 0.4) is 0 Å². The van der Waals surface area contributed by atoms with Gasteiger partial charge in [0.1, 0.15) is 6.54 Å². The lowest BCUT2D eigenvalue weighted by Crippen LogP contribution is -2.53. The summed E-state index contributed by atoms with van der Waals surface area (Å²) in [6.45, 7) is -0.499. The number of nitrogens with one attached hydrogen (secondary N) is 2. The molecule has 1 aliphatic heterocycles. The van der Waals surface area contributed by atoms with E-state index >= 15 is 0 Å². The average molecular weight is 391 g/mol. The van der Waals surface area contributed by atoms with Gasteiger partial charge in [0.15, 0.2) is 11.5 Å². The number of nitrogens with zero attached hydrogens (tertiary/aromatic N) is 1. The van der Waals surface area contributed by atoms with Crippen molar-refractivity contribution in [1.29, 1.82) is 0 Å². The van der Waals surface area contributed by atoms with Crippen LogP contribution in [0.4, 0.5) is 5.69 Å². The van der Waals surface area contributed by atoms with Crippen LogP contribution in [0.2, 0.25) is 0 Å². The summed E-state index contributed by atoms with van der Waals surface area (Å²) in [6.07, 6.45) is 0. The molecule has 0 aromatic heterocycles. The maximum absolute atomic E-state index is 12.5. The Bertz CT molecular complexity index is 1010. The largest absolute Gasteiger partial charge is 0.493 e. The van der Waals surface area contributed by atoms with Crippen molar-refractivity contribution < 1.29 is 27.5 Å². The normalized spacial score (nSPS) is 15.0. The van der Waals surface area contributed by atoms with Gasteiger partial charge in [0.05, 0.1) is 24.7 Å². The summed E-state index contributed by atoms with van der Waals surface area (Å²) < 4.78 is 34.8. The molecule has 2 N–H and O–H groups in total. The van der Waals surface area contributed by atoms with Crippen LogP contribution in [0.25, 0.3) is 0 Å². The highest BCUT2D eigenvalue weighted by Gasteiger charge is 2.34. The van der Waals surface area contributed by atoms with Crippen LogP contribution < -0.4 is 19.6 Å². The Kier molecular flexibility index (Phi) is 5.02. The summed E-state index contributed by atoms with van der Waals surface area (Å²) in [7, 11) is -0.975. The molecule has 3 rings (SSSR count). The number of carbonyl (C=O) groups excluding carboxylic acids is 2. The van der Waals surface area contributed by atoms with Crippen LogP contribution >= 0.6 is 0 Å². The van der Waals surface area contributed by atoms with Crippen LogP contribution in [0.1, 0.15) is 10.4 Å². The molecule has 0 bridgehead atoms. The summed E-state index contributed by atoms with van der Waals surface area (Å²) in [5.74, 6) is -0.286. The second-order valence-corrected chi connectivity index (χ2v) is 7.23. The van der Waals surface area contributed by atoms with Gasteiger partial charge >= 0.3 is 0 Å². The number of rotatable bonds is 5. The quantitative estimate of drug-likeness (QED) is 0.786. The Morgan fingerprint density at radius 1 is 1.11 bits per heavy atom. The summed E-state index contributed by atoms with van der Waals surface area (Å²) >= 11 is 0. The minimum atomic E-state index is -3.92. The van der Waals surface area contributed by atoms with Crippen molar-refractivity contribution in [2.45, 2.75) is 4.90 Å². The third-order valence-corrected chi connectivity index (χ3v) is 5.25. The van der Waals surface area contributed by atoms with E-state index in [2.05, 4.69) is 10.1 Å². The fourth-order valence-corrected chi connectivity index (χ4v) is 3.86. The van der Waals surface area contributed by atoms with Crippen LogP contribution in [-0.4, -0.2) is 46.0 Å². The van der Waals surface area contributed by atoms with Crippen molar-refractivity contribution in [1.82, 2.24) is 9.84 Å². The van der Waals surface area contributed by atoms with Crippen LogP contribution in [0.5, 0.6) is 11.5 Å². The van der Waals surface area contributed by atoms with Gasteiger partial charge in [-0.2, -0.15) is 0 Å². The summed E-state index contributed by atoms with van der Waals surface area (Å²) in [5, 5.41) is 3.34. The topological polar surface area (TPSA) is 114 Å². The SMILES string of the molecule is COc1ccc(NC(=O)CN2NS(=O)(=O)c3ccccc3C2=O)cc1OC. The number of fused-ring (bicyclic) bond motifs is 1. The zero-order valence-corrected chi connectivity index (χ0v) is 15.4. The van der Waals surface area contributed by atoms with Gasteiger partial charge in [-0.15, -0.1) is 4.83 Å². The predicted octanol–water partition coefficient (Wildman–Crippen LogP) is 0.992. The van der Waals surface area contributed by atoms with Crippen LogP contribution in [0, 0.1) is 0 Å². The molecule has 0 aliphatic carbocycles. The maximum atomic E-state index is 12.5. The van der Waals surface area contributed by atoms with Crippen molar-refractivity contribution in [3.05, 3.63) is 48.0 Å². The summed E-state index contributed by atoms with van der Waals surface area (Å²) in [4.78, 5) is 26.7. The molecule has 142 valence electrons. The highest BCUT2D eigenvalue weighted by molar-refractivity contribution is 7.89. The number of carbonyl (C=O) groups is 2. The smallest absolute Gasteiger partial charge is 0.270 e. The first-order chi connectivity index (χ1) is 12.9. The van der Waals surface area contributed by atoms with Crippen LogP contribution in [-0.2, 0) is 14.8 Å². The molecule has 0 radical (unpaired) electrons. The first-order valence-electron chi connectivity index (χ1n) is 7.81. The molecule has 9 nitrogen and oxygen atoms in total. The molecule has 0 spiro atoms. The molecule has 2 aromatic rings. The molecule has 0 fully saturated rings. The van der Waals surface area contributed by atoms with Gasteiger partial charge in [0, 0.05) is 11.8 Å². The lowest BCUT2D eigenvalue weighted by atomic mass is 10.2. The number of anilines is 1. The lowest BCUT2D eigenvalue weighted by molar-refractivity contribution is -0.117. The van der Waals surface area contributed by atoms with E-state index in [4.69, 9.17) is 9.47 Å². The Labute approximate surface area is 155 Å². The van der Waals surface area contributed by atoms with E-state index in [-0.39, 0.29) is 10.5 Å². The fraction of sp³-hybridized carbons (Fsp3) is 0.176. The van der Waals surface area contributed by atoms with E-state index in [1.165, 1.54) is 32.4 Å².